The summed E-state index contributed by atoms with van der Waals surface area (Å²) in [4.78, 5) is 6.58. The largest absolute Gasteiger partial charge is 0.512 e. The van der Waals surface area contributed by atoms with Crippen molar-refractivity contribution in [1.29, 1.82) is 0 Å². The van der Waals surface area contributed by atoms with Crippen molar-refractivity contribution in [2.24, 2.45) is 16.5 Å². The Bertz CT molecular complexity index is 765. The number of hydrogen-bond acceptors (Lipinski definition) is 4. The fraction of sp³-hybridized carbons (Fsp3) is 0.560. The highest BCUT2D eigenvalue weighted by Crippen LogP contribution is 2.22. The molecule has 0 spiro atoms. The van der Waals surface area contributed by atoms with Crippen LogP contribution in [0.5, 0.6) is 0 Å². The van der Waals surface area contributed by atoms with Crippen molar-refractivity contribution in [3.63, 3.8) is 0 Å². The van der Waals surface area contributed by atoms with Gasteiger partial charge in [0.25, 0.3) is 0 Å². The first kappa shape index (κ1) is 26.6. The lowest BCUT2D eigenvalue weighted by atomic mass is 9.92. The summed E-state index contributed by atoms with van der Waals surface area (Å²) in [5.41, 5.74) is 17.6. The van der Waals surface area contributed by atoms with Crippen LogP contribution in [0.3, 0.4) is 0 Å². The van der Waals surface area contributed by atoms with Crippen LogP contribution in [0.15, 0.2) is 46.8 Å². The molecular formula is C25H43N5O. The van der Waals surface area contributed by atoms with Crippen LogP contribution in [0.2, 0.25) is 0 Å². The molecule has 0 saturated heterocycles. The minimum absolute atomic E-state index is 0.0883. The van der Waals surface area contributed by atoms with Gasteiger partial charge in [-0.2, -0.15) is 0 Å². The van der Waals surface area contributed by atoms with Crippen molar-refractivity contribution in [3.05, 3.63) is 58.5 Å². The van der Waals surface area contributed by atoms with Crippen molar-refractivity contribution in [1.82, 2.24) is 10.2 Å². The molecule has 0 aliphatic rings. The van der Waals surface area contributed by atoms with E-state index in [-0.39, 0.29) is 17.8 Å². The van der Waals surface area contributed by atoms with Crippen LogP contribution in [-0.2, 0) is 19.4 Å². The Labute approximate surface area is 189 Å². The van der Waals surface area contributed by atoms with Crippen LogP contribution >= 0.6 is 0 Å². The van der Waals surface area contributed by atoms with Gasteiger partial charge in [0, 0.05) is 18.8 Å². The number of nitrogens with one attached hydrogen (secondary N) is 1. The fourth-order valence-electron chi connectivity index (χ4n) is 3.74. The van der Waals surface area contributed by atoms with E-state index in [4.69, 9.17) is 11.5 Å². The van der Waals surface area contributed by atoms with Crippen molar-refractivity contribution >= 4 is 5.96 Å². The van der Waals surface area contributed by atoms with E-state index in [0.29, 0.717) is 6.54 Å². The van der Waals surface area contributed by atoms with Gasteiger partial charge >= 0.3 is 0 Å². The smallest absolute Gasteiger partial charge is 0.186 e. The molecule has 1 unspecified atom stereocenters. The Kier molecular flexibility index (Phi) is 11.8. The monoisotopic (exact) mass is 429 g/mol. The van der Waals surface area contributed by atoms with E-state index in [9.17, 15) is 5.11 Å². The van der Waals surface area contributed by atoms with Gasteiger partial charge in [-0.05, 0) is 61.9 Å². The van der Waals surface area contributed by atoms with Crippen molar-refractivity contribution in [3.8, 4) is 0 Å². The first-order valence-electron chi connectivity index (χ1n) is 11.4. The molecule has 0 bridgehead atoms. The number of aliphatic imine (C=N–C) groups is 1. The zero-order valence-electron chi connectivity index (χ0n) is 20.2. The highest BCUT2D eigenvalue weighted by atomic mass is 16.3. The average molecular weight is 430 g/mol. The molecule has 0 aliphatic heterocycles. The zero-order valence-corrected chi connectivity index (χ0v) is 20.2. The molecule has 0 heterocycles. The maximum Gasteiger partial charge on any atom is 0.186 e. The quantitative estimate of drug-likeness (QED) is 0.155. The van der Waals surface area contributed by atoms with E-state index < -0.39 is 0 Å². The van der Waals surface area contributed by atoms with Gasteiger partial charge in [-0.25, -0.2) is 4.99 Å². The third kappa shape index (κ3) is 9.47. The number of nitrogens with zero attached hydrogens (tertiary/aromatic N) is 2. The van der Waals surface area contributed by atoms with E-state index in [0.717, 1.165) is 51.0 Å². The lowest BCUT2D eigenvalue weighted by Crippen LogP contribution is -2.27. The molecule has 31 heavy (non-hydrogen) atoms. The SMILES string of the molecule is C=C(O)CN(CC)Cc1ccc(C/C(=C(/C)NCCCC)C(C)N=C(N)N)c(CC)c1. The summed E-state index contributed by atoms with van der Waals surface area (Å²) < 4.78 is 0. The summed E-state index contributed by atoms with van der Waals surface area (Å²) in [5, 5.41) is 13.1. The molecular weight excluding hydrogens is 386 g/mol. The summed E-state index contributed by atoms with van der Waals surface area (Å²) in [7, 11) is 0. The van der Waals surface area contributed by atoms with Gasteiger partial charge in [-0.15, -0.1) is 0 Å². The van der Waals surface area contributed by atoms with Gasteiger partial charge in [0.2, 0.25) is 0 Å². The number of hydrogen-bond donors (Lipinski definition) is 4. The second kappa shape index (κ2) is 13.8. The number of allylic oxidation sites excluding steroid dienone is 1. The van der Waals surface area contributed by atoms with Crippen LogP contribution in [0.4, 0.5) is 0 Å². The lowest BCUT2D eigenvalue weighted by Gasteiger charge is -2.22. The summed E-state index contributed by atoms with van der Waals surface area (Å²) >= 11 is 0. The average Bonchev–Trinajstić information content (AvgIpc) is 2.71. The van der Waals surface area contributed by atoms with E-state index in [1.54, 1.807) is 0 Å². The molecule has 0 saturated carbocycles. The van der Waals surface area contributed by atoms with Crippen LogP contribution in [0.25, 0.3) is 0 Å². The fourth-order valence-corrected chi connectivity index (χ4v) is 3.74. The van der Waals surface area contributed by atoms with Gasteiger partial charge in [-0.3, -0.25) is 4.90 Å². The highest BCUT2D eigenvalue weighted by molar-refractivity contribution is 5.76. The summed E-state index contributed by atoms with van der Waals surface area (Å²) in [5.74, 6) is 0.311. The molecule has 6 nitrogen and oxygen atoms in total. The Hall–Kier alpha value is -2.47. The van der Waals surface area contributed by atoms with Gasteiger partial charge in [0.15, 0.2) is 5.96 Å². The molecule has 174 valence electrons. The summed E-state index contributed by atoms with van der Waals surface area (Å²) in [6, 6.07) is 6.59. The molecule has 0 aromatic heterocycles. The van der Waals surface area contributed by atoms with Crippen molar-refractivity contribution in [2.45, 2.75) is 72.9 Å². The number of guanidine groups is 1. The number of aliphatic hydroxyl groups excluding tert-OH is 1. The molecule has 6 heteroatoms. The first-order chi connectivity index (χ1) is 14.7. The molecule has 0 fully saturated rings. The molecule has 0 radical (unpaired) electrons. The number of aryl methyl sites for hydroxylation is 1. The molecule has 1 aromatic carbocycles. The van der Waals surface area contributed by atoms with E-state index in [2.05, 4.69) is 67.7 Å². The number of rotatable bonds is 14. The summed E-state index contributed by atoms with van der Waals surface area (Å²) in [6.45, 7) is 17.3. The Morgan fingerprint density at radius 3 is 2.48 bits per heavy atom. The minimum atomic E-state index is -0.0883. The number of nitrogens with two attached hydrogens (primary N) is 2. The van der Waals surface area contributed by atoms with Gasteiger partial charge in [-0.1, -0.05) is 52.0 Å². The predicted molar refractivity (Wildman–Crippen MR) is 133 cm³/mol. The normalized spacial score (nSPS) is 13.0. The topological polar surface area (TPSA) is 99.9 Å². The van der Waals surface area contributed by atoms with E-state index in [1.807, 2.05) is 6.92 Å². The van der Waals surface area contributed by atoms with Crippen molar-refractivity contribution in [2.75, 3.05) is 19.6 Å². The number of unbranched alkanes of at least 4 members (excludes halogenated alkanes) is 1. The lowest BCUT2D eigenvalue weighted by molar-refractivity contribution is 0.254. The molecule has 1 rings (SSSR count). The number of benzene rings is 1. The molecule has 0 amide bonds. The third-order valence-corrected chi connectivity index (χ3v) is 5.54. The van der Waals surface area contributed by atoms with Gasteiger partial charge < -0.3 is 21.9 Å². The van der Waals surface area contributed by atoms with Crippen LogP contribution in [-0.4, -0.2) is 41.6 Å². The minimum Gasteiger partial charge on any atom is -0.512 e. The highest BCUT2D eigenvalue weighted by Gasteiger charge is 2.15. The predicted octanol–water partition coefficient (Wildman–Crippen LogP) is 4.01. The maximum absolute atomic E-state index is 9.54. The molecule has 6 N–H and O–H groups in total. The first-order valence-corrected chi connectivity index (χ1v) is 11.4. The van der Waals surface area contributed by atoms with Gasteiger partial charge in [0.1, 0.15) is 0 Å². The van der Waals surface area contributed by atoms with E-state index >= 15 is 0 Å². The number of aliphatic hydroxyl groups is 1. The van der Waals surface area contributed by atoms with Gasteiger partial charge in [0.05, 0.1) is 18.3 Å². The van der Waals surface area contributed by atoms with Crippen molar-refractivity contribution < 1.29 is 5.11 Å². The Morgan fingerprint density at radius 1 is 1.23 bits per heavy atom. The Balaban J connectivity index is 3.16. The second-order valence-electron chi connectivity index (χ2n) is 8.16. The Morgan fingerprint density at radius 2 is 1.94 bits per heavy atom. The zero-order chi connectivity index (χ0) is 23.4. The maximum atomic E-state index is 9.54. The van der Waals surface area contributed by atoms with Crippen LogP contribution < -0.4 is 16.8 Å². The molecule has 1 aromatic rings. The van der Waals surface area contributed by atoms with Crippen LogP contribution in [0, 0.1) is 0 Å². The summed E-state index contributed by atoms with van der Waals surface area (Å²) in [6.07, 6.45) is 4.04. The molecule has 0 aliphatic carbocycles. The number of likely N-dealkylation sites (N-methyl/N-ethyl adjacent to an activating group) is 1. The second-order valence-corrected chi connectivity index (χ2v) is 8.16. The van der Waals surface area contributed by atoms with Crippen LogP contribution in [0.1, 0.15) is 64.2 Å². The van der Waals surface area contributed by atoms with E-state index in [1.165, 1.54) is 22.3 Å². The third-order valence-electron chi connectivity index (χ3n) is 5.54. The molecule has 1 atom stereocenters. The standard InChI is InChI=1S/C25H43N5O/c1-7-10-13-28-19(5)24(20(6)29-25(26)27)15-23-12-11-21(14-22(23)8-2)17-30(9-3)16-18(4)31/h11-12,14,20,28,31H,4,7-10,13,15-17H2,1-3,5-6H3,(H4,26,27,29)/b24-19+.